The molecule has 0 bridgehead atoms. The molecule has 1 rings (SSSR count). The summed E-state index contributed by atoms with van der Waals surface area (Å²) in [5, 5.41) is 30.2. The van der Waals surface area contributed by atoms with Crippen molar-refractivity contribution in [2.24, 2.45) is 5.92 Å². The molecule has 0 amide bonds. The summed E-state index contributed by atoms with van der Waals surface area (Å²) in [6, 6.07) is -0.697. The number of rotatable bonds is 4. The third-order valence-electron chi connectivity index (χ3n) is 2.77. The van der Waals surface area contributed by atoms with E-state index in [1.165, 1.54) is 6.92 Å². The minimum atomic E-state index is -0.920. The molecule has 0 aromatic heterocycles. The van der Waals surface area contributed by atoms with Gasteiger partial charge in [-0.3, -0.25) is 4.79 Å². The molecule has 6 heteroatoms. The molecule has 4 atom stereocenters. The van der Waals surface area contributed by atoms with Gasteiger partial charge in [-0.1, -0.05) is 0 Å². The van der Waals surface area contributed by atoms with E-state index in [-0.39, 0.29) is 81.1 Å². The first kappa shape index (κ1) is 16.0. The van der Waals surface area contributed by atoms with Crippen molar-refractivity contribution in [3.05, 3.63) is 0 Å². The van der Waals surface area contributed by atoms with Gasteiger partial charge in [0.25, 0.3) is 0 Å². The average Bonchev–Trinajstić information content (AvgIpc) is 2.60. The van der Waals surface area contributed by atoms with E-state index >= 15 is 0 Å². The topological polar surface area (TPSA) is 89.8 Å². The van der Waals surface area contributed by atoms with Crippen molar-refractivity contribution in [2.45, 2.75) is 31.5 Å². The van der Waals surface area contributed by atoms with E-state index in [0.717, 1.165) is 0 Å². The standard InChI is InChI=1S/C9H17NO4.Ac/c1-5(13)7-2-6(3-11)9(10-7)8(14)4-12;/h6-12,14H,2-4H2,1H3;/t6-,7+,8?,9+;/m0./s1. The molecule has 0 aromatic carbocycles. The first-order valence-electron chi connectivity index (χ1n) is 4.76. The summed E-state index contributed by atoms with van der Waals surface area (Å²) in [5.74, 6) is -0.165. The van der Waals surface area contributed by atoms with Gasteiger partial charge < -0.3 is 20.6 Å². The van der Waals surface area contributed by atoms with Crippen molar-refractivity contribution in [2.75, 3.05) is 13.2 Å². The largest absolute Gasteiger partial charge is 0.396 e. The van der Waals surface area contributed by atoms with Gasteiger partial charge in [-0.25, -0.2) is 0 Å². The van der Waals surface area contributed by atoms with E-state index in [4.69, 9.17) is 10.2 Å². The van der Waals surface area contributed by atoms with E-state index in [9.17, 15) is 9.90 Å². The molecule has 4 N–H and O–H groups in total. The average molecular weight is 430 g/mol. The Hall–Kier alpha value is 0.952. The van der Waals surface area contributed by atoms with Crippen molar-refractivity contribution in [1.29, 1.82) is 0 Å². The van der Waals surface area contributed by atoms with Crippen molar-refractivity contribution in [1.82, 2.24) is 5.32 Å². The number of hydrogen-bond acceptors (Lipinski definition) is 5. The molecule has 1 radical (unpaired) electrons. The Morgan fingerprint density at radius 2 is 2.13 bits per heavy atom. The van der Waals surface area contributed by atoms with E-state index in [1.54, 1.807) is 0 Å². The van der Waals surface area contributed by atoms with Gasteiger partial charge in [0.05, 0.1) is 18.8 Å². The van der Waals surface area contributed by atoms with Gasteiger partial charge in [-0.2, -0.15) is 0 Å². The van der Waals surface area contributed by atoms with Crippen LogP contribution in [0.3, 0.4) is 0 Å². The Balaban J connectivity index is 0.00000196. The van der Waals surface area contributed by atoms with Crippen LogP contribution < -0.4 is 5.32 Å². The van der Waals surface area contributed by atoms with E-state index in [2.05, 4.69) is 5.32 Å². The van der Waals surface area contributed by atoms with E-state index in [1.807, 2.05) is 0 Å². The molecule has 1 unspecified atom stereocenters. The van der Waals surface area contributed by atoms with Crippen LogP contribution in [0.1, 0.15) is 13.3 Å². The summed E-state index contributed by atoms with van der Waals surface area (Å²) in [6.07, 6.45) is -0.399. The zero-order valence-corrected chi connectivity index (χ0v) is 13.5. The van der Waals surface area contributed by atoms with Crippen LogP contribution in [0, 0.1) is 50.0 Å². The second-order valence-electron chi connectivity index (χ2n) is 3.78. The minimum Gasteiger partial charge on any atom is -0.396 e. The Kier molecular flexibility index (Phi) is 7.77. The summed E-state index contributed by atoms with van der Waals surface area (Å²) in [6.45, 7) is 1.02. The van der Waals surface area contributed by atoms with Crippen LogP contribution in [0.2, 0.25) is 0 Å². The van der Waals surface area contributed by atoms with Crippen molar-refractivity contribution < 1.29 is 64.2 Å². The van der Waals surface area contributed by atoms with Gasteiger partial charge in [0.1, 0.15) is 5.78 Å². The molecule has 85 valence electrons. The zero-order chi connectivity index (χ0) is 10.7. The molecule has 1 fully saturated rings. The Labute approximate surface area is 125 Å². The number of aliphatic hydroxyl groups is 3. The third kappa shape index (κ3) is 4.03. The monoisotopic (exact) mass is 430 g/mol. The molecule has 0 saturated carbocycles. The molecule has 1 saturated heterocycles. The number of nitrogens with one attached hydrogen (secondary N) is 1. The zero-order valence-electron chi connectivity index (χ0n) is 8.76. The summed E-state index contributed by atoms with van der Waals surface area (Å²) in [7, 11) is 0. The maximum absolute atomic E-state index is 11.1. The molecule has 5 nitrogen and oxygen atoms in total. The van der Waals surface area contributed by atoms with Crippen LogP contribution in [0.15, 0.2) is 0 Å². The summed E-state index contributed by atoms with van der Waals surface area (Å²) < 4.78 is 0. The van der Waals surface area contributed by atoms with Gasteiger partial charge in [-0.15, -0.1) is 0 Å². The fourth-order valence-corrected chi connectivity index (χ4v) is 1.90. The van der Waals surface area contributed by atoms with Crippen LogP contribution in [0.5, 0.6) is 0 Å². The predicted molar refractivity (Wildman–Crippen MR) is 49.7 cm³/mol. The van der Waals surface area contributed by atoms with Crippen molar-refractivity contribution in [3.63, 3.8) is 0 Å². The Morgan fingerprint density at radius 3 is 2.53 bits per heavy atom. The number of ketones is 1. The van der Waals surface area contributed by atoms with Crippen LogP contribution in [0.4, 0.5) is 0 Å². The van der Waals surface area contributed by atoms with Crippen LogP contribution in [-0.4, -0.2) is 52.5 Å². The fraction of sp³-hybridized carbons (Fsp3) is 0.889. The smallest absolute Gasteiger partial charge is 0.146 e. The molecule has 0 spiro atoms. The first-order valence-corrected chi connectivity index (χ1v) is 4.76. The second-order valence-corrected chi connectivity index (χ2v) is 3.78. The van der Waals surface area contributed by atoms with Gasteiger partial charge in [0.15, 0.2) is 0 Å². The third-order valence-corrected chi connectivity index (χ3v) is 2.77. The predicted octanol–water partition coefficient (Wildman–Crippen LogP) is -1.73. The number of carbonyl (C=O) groups excluding carboxylic acids is 1. The normalized spacial score (nSPS) is 32.1. The molecular formula is C9H17AcNO4. The van der Waals surface area contributed by atoms with Crippen LogP contribution >= 0.6 is 0 Å². The summed E-state index contributed by atoms with van der Waals surface area (Å²) in [4.78, 5) is 11.1. The summed E-state index contributed by atoms with van der Waals surface area (Å²) in [5.41, 5.74) is 0. The van der Waals surface area contributed by atoms with Gasteiger partial charge >= 0.3 is 0 Å². The van der Waals surface area contributed by atoms with Crippen LogP contribution in [0.25, 0.3) is 0 Å². The fourth-order valence-electron chi connectivity index (χ4n) is 1.90. The van der Waals surface area contributed by atoms with Gasteiger partial charge in [0.2, 0.25) is 0 Å². The van der Waals surface area contributed by atoms with Gasteiger partial charge in [-0.05, 0) is 13.3 Å². The molecule has 1 aliphatic rings. The van der Waals surface area contributed by atoms with E-state index < -0.39 is 6.10 Å². The number of aliphatic hydroxyl groups excluding tert-OH is 3. The molecule has 1 heterocycles. The van der Waals surface area contributed by atoms with Crippen LogP contribution in [-0.2, 0) is 4.79 Å². The van der Waals surface area contributed by atoms with E-state index in [0.29, 0.717) is 6.42 Å². The molecule has 0 aromatic rings. The quantitative estimate of drug-likeness (QED) is 0.426. The Morgan fingerprint density at radius 1 is 1.53 bits per heavy atom. The summed E-state index contributed by atoms with van der Waals surface area (Å²) >= 11 is 0. The van der Waals surface area contributed by atoms with Crippen molar-refractivity contribution in [3.8, 4) is 0 Å². The van der Waals surface area contributed by atoms with Gasteiger partial charge in [0, 0.05) is 62.6 Å². The number of hydrogen-bond donors (Lipinski definition) is 4. The number of carbonyl (C=O) groups is 1. The Bertz CT molecular complexity index is 214. The molecule has 15 heavy (non-hydrogen) atoms. The SMILES string of the molecule is CC(=O)[C@H]1C[C@@H](CO)[C@H](C(O)CO)N1.[Ac]. The maximum atomic E-state index is 11.1. The molecule has 1 aliphatic heterocycles. The minimum absolute atomic E-state index is 0. The number of Topliss-reactive ketones (excluding diaryl/α,β-unsaturated/α-hetero) is 1. The van der Waals surface area contributed by atoms with Crippen molar-refractivity contribution >= 4 is 5.78 Å². The first-order chi connectivity index (χ1) is 6.60. The molecule has 0 aliphatic carbocycles. The molecular weight excluding hydrogens is 413 g/mol. The maximum Gasteiger partial charge on any atom is 0.146 e. The second kappa shape index (κ2) is 7.31.